The van der Waals surface area contributed by atoms with Gasteiger partial charge in [-0.2, -0.15) is 5.10 Å². The molecule has 1 aromatic carbocycles. The topological polar surface area (TPSA) is 70.5 Å². The normalized spacial score (nSPS) is 19.7. The third-order valence-electron chi connectivity index (χ3n) is 7.02. The Balaban J connectivity index is 1.09. The molecule has 2 aliphatic heterocycles. The molecule has 0 saturated carbocycles. The predicted molar refractivity (Wildman–Crippen MR) is 128 cm³/mol. The van der Waals surface area contributed by atoms with Crippen molar-refractivity contribution >= 4 is 11.8 Å². The fourth-order valence-corrected chi connectivity index (χ4v) is 5.05. The third-order valence-corrected chi connectivity index (χ3v) is 7.02. The number of benzene rings is 1. The zero-order valence-electron chi connectivity index (χ0n) is 19.8. The van der Waals surface area contributed by atoms with E-state index in [4.69, 9.17) is 0 Å². The molecular weight excluding hydrogens is 414 g/mol. The molecule has 3 heterocycles. The van der Waals surface area contributed by atoms with Gasteiger partial charge in [0.2, 0.25) is 11.8 Å². The van der Waals surface area contributed by atoms with Crippen molar-refractivity contribution in [2.45, 2.75) is 57.5 Å². The van der Waals surface area contributed by atoms with Crippen molar-refractivity contribution in [1.29, 1.82) is 0 Å². The summed E-state index contributed by atoms with van der Waals surface area (Å²) in [6.07, 6.45) is 9.63. The van der Waals surface area contributed by atoms with E-state index in [0.29, 0.717) is 18.8 Å². The SMILES string of the molecule is Cn1cc(CCC(=O)N2CCC(CCC(=O)NC3CCN(Cc4ccccc4)C3)CC2)cn1. The summed E-state index contributed by atoms with van der Waals surface area (Å²) in [5.41, 5.74) is 2.43. The molecule has 1 unspecified atom stereocenters. The number of amides is 2. The van der Waals surface area contributed by atoms with E-state index in [0.717, 1.165) is 70.4 Å². The van der Waals surface area contributed by atoms with Crippen LogP contribution >= 0.6 is 0 Å². The minimum atomic E-state index is 0.177. The second kappa shape index (κ2) is 11.5. The third kappa shape index (κ3) is 7.16. The van der Waals surface area contributed by atoms with Gasteiger partial charge >= 0.3 is 0 Å². The van der Waals surface area contributed by atoms with Crippen LogP contribution in [0.1, 0.15) is 49.7 Å². The molecular formula is C26H37N5O2. The maximum Gasteiger partial charge on any atom is 0.222 e. The van der Waals surface area contributed by atoms with Gasteiger partial charge in [-0.15, -0.1) is 0 Å². The molecule has 1 aromatic heterocycles. The maximum atomic E-state index is 12.5. The van der Waals surface area contributed by atoms with Crippen molar-refractivity contribution in [3.05, 3.63) is 53.9 Å². The van der Waals surface area contributed by atoms with E-state index in [1.165, 1.54) is 5.56 Å². The molecule has 2 fully saturated rings. The number of piperidine rings is 1. The van der Waals surface area contributed by atoms with Crippen LogP contribution in [0.4, 0.5) is 0 Å². The molecule has 0 bridgehead atoms. The average molecular weight is 452 g/mol. The zero-order valence-corrected chi connectivity index (χ0v) is 19.8. The first-order valence-electron chi connectivity index (χ1n) is 12.4. The summed E-state index contributed by atoms with van der Waals surface area (Å²) in [7, 11) is 1.89. The Kier molecular flexibility index (Phi) is 8.15. The first kappa shape index (κ1) is 23.5. The number of nitrogens with one attached hydrogen (secondary N) is 1. The molecule has 178 valence electrons. The van der Waals surface area contributed by atoms with Crippen LogP contribution in [0.15, 0.2) is 42.7 Å². The molecule has 33 heavy (non-hydrogen) atoms. The molecule has 7 heteroatoms. The zero-order chi connectivity index (χ0) is 23.0. The molecule has 2 saturated heterocycles. The molecule has 0 spiro atoms. The van der Waals surface area contributed by atoms with Gasteiger partial charge in [0.1, 0.15) is 0 Å². The molecule has 0 radical (unpaired) electrons. The van der Waals surface area contributed by atoms with Crippen molar-refractivity contribution in [1.82, 2.24) is 24.9 Å². The summed E-state index contributed by atoms with van der Waals surface area (Å²) in [6, 6.07) is 10.8. The van der Waals surface area contributed by atoms with Gasteiger partial charge < -0.3 is 10.2 Å². The fourth-order valence-electron chi connectivity index (χ4n) is 5.05. The summed E-state index contributed by atoms with van der Waals surface area (Å²) in [5.74, 6) is 0.948. The van der Waals surface area contributed by atoms with Gasteiger partial charge in [-0.1, -0.05) is 30.3 Å². The van der Waals surface area contributed by atoms with Crippen LogP contribution < -0.4 is 5.32 Å². The predicted octanol–water partition coefficient (Wildman–Crippen LogP) is 2.76. The van der Waals surface area contributed by atoms with Gasteiger partial charge in [-0.3, -0.25) is 19.2 Å². The van der Waals surface area contributed by atoms with E-state index in [1.54, 1.807) is 4.68 Å². The molecule has 0 aliphatic carbocycles. The second-order valence-corrected chi connectivity index (χ2v) is 9.66. The fraction of sp³-hybridized carbons (Fsp3) is 0.577. The van der Waals surface area contributed by atoms with Gasteiger partial charge in [-0.05, 0) is 49.1 Å². The Hall–Kier alpha value is -2.67. The number of hydrogen-bond acceptors (Lipinski definition) is 4. The molecule has 2 aliphatic rings. The quantitative estimate of drug-likeness (QED) is 0.637. The number of hydrogen-bond donors (Lipinski definition) is 1. The summed E-state index contributed by atoms with van der Waals surface area (Å²) < 4.78 is 1.77. The maximum absolute atomic E-state index is 12.5. The second-order valence-electron chi connectivity index (χ2n) is 9.66. The highest BCUT2D eigenvalue weighted by Gasteiger charge is 2.26. The van der Waals surface area contributed by atoms with E-state index >= 15 is 0 Å². The van der Waals surface area contributed by atoms with Crippen molar-refractivity contribution in [3.63, 3.8) is 0 Å². The van der Waals surface area contributed by atoms with Crippen LogP contribution in [-0.2, 0) is 29.6 Å². The van der Waals surface area contributed by atoms with Gasteiger partial charge in [-0.25, -0.2) is 0 Å². The number of rotatable bonds is 9. The number of carbonyl (C=O) groups excluding carboxylic acids is 2. The largest absolute Gasteiger partial charge is 0.352 e. The number of aryl methyl sites for hydroxylation is 2. The average Bonchev–Trinajstić information content (AvgIpc) is 3.45. The van der Waals surface area contributed by atoms with Crippen LogP contribution in [0.25, 0.3) is 0 Å². The summed E-state index contributed by atoms with van der Waals surface area (Å²) in [5, 5.41) is 7.40. The van der Waals surface area contributed by atoms with Crippen LogP contribution in [0.2, 0.25) is 0 Å². The van der Waals surface area contributed by atoms with Gasteiger partial charge in [0.15, 0.2) is 0 Å². The smallest absolute Gasteiger partial charge is 0.222 e. The number of nitrogens with zero attached hydrogens (tertiary/aromatic N) is 4. The van der Waals surface area contributed by atoms with Crippen LogP contribution in [0, 0.1) is 5.92 Å². The van der Waals surface area contributed by atoms with Crippen LogP contribution in [0.5, 0.6) is 0 Å². The summed E-state index contributed by atoms with van der Waals surface area (Å²) in [6.45, 7) is 4.55. The van der Waals surface area contributed by atoms with Crippen molar-refractivity contribution in [3.8, 4) is 0 Å². The molecule has 4 rings (SSSR count). The molecule has 2 aromatic rings. The van der Waals surface area contributed by atoms with Gasteiger partial charge in [0, 0.05) is 64.9 Å². The summed E-state index contributed by atoms with van der Waals surface area (Å²) in [4.78, 5) is 29.4. The van der Waals surface area contributed by atoms with E-state index < -0.39 is 0 Å². The Morgan fingerprint density at radius 2 is 1.82 bits per heavy atom. The lowest BCUT2D eigenvalue weighted by atomic mass is 9.91. The van der Waals surface area contributed by atoms with E-state index in [2.05, 4.69) is 39.6 Å². The molecule has 2 amide bonds. The monoisotopic (exact) mass is 451 g/mol. The first-order valence-corrected chi connectivity index (χ1v) is 12.4. The van der Waals surface area contributed by atoms with Crippen LogP contribution in [0.3, 0.4) is 0 Å². The highest BCUT2D eigenvalue weighted by atomic mass is 16.2. The lowest BCUT2D eigenvalue weighted by molar-refractivity contribution is -0.132. The van der Waals surface area contributed by atoms with Gasteiger partial charge in [0.05, 0.1) is 6.20 Å². The highest BCUT2D eigenvalue weighted by molar-refractivity contribution is 5.77. The Labute approximate surface area is 197 Å². The van der Waals surface area contributed by atoms with Crippen molar-refractivity contribution in [2.75, 3.05) is 26.2 Å². The van der Waals surface area contributed by atoms with E-state index in [-0.39, 0.29) is 17.9 Å². The minimum Gasteiger partial charge on any atom is -0.352 e. The van der Waals surface area contributed by atoms with Crippen LogP contribution in [-0.4, -0.2) is 63.6 Å². The first-order chi connectivity index (χ1) is 16.0. The summed E-state index contributed by atoms with van der Waals surface area (Å²) >= 11 is 0. The van der Waals surface area contributed by atoms with Crippen molar-refractivity contribution < 1.29 is 9.59 Å². The van der Waals surface area contributed by atoms with E-state index in [1.807, 2.05) is 30.4 Å². The lowest BCUT2D eigenvalue weighted by Gasteiger charge is -2.32. The van der Waals surface area contributed by atoms with E-state index in [9.17, 15) is 9.59 Å². The number of carbonyl (C=O) groups is 2. The lowest BCUT2D eigenvalue weighted by Crippen LogP contribution is -2.39. The number of aromatic nitrogens is 2. The Morgan fingerprint density at radius 3 is 2.55 bits per heavy atom. The standard InChI is InChI=1S/C26H37N5O2/c1-29-18-23(17-27-29)8-10-26(33)31-15-11-21(12-16-31)7-9-25(32)28-24-13-14-30(20-24)19-22-5-3-2-4-6-22/h2-6,17-18,21,24H,7-16,19-20H2,1H3,(H,28,32). The Morgan fingerprint density at radius 1 is 1.03 bits per heavy atom. The minimum absolute atomic E-state index is 0.177. The van der Waals surface area contributed by atoms with Gasteiger partial charge in [0.25, 0.3) is 0 Å². The molecule has 1 N–H and O–H groups in total. The molecule has 7 nitrogen and oxygen atoms in total. The molecule has 1 atom stereocenters. The number of likely N-dealkylation sites (tertiary alicyclic amines) is 2. The Bertz CT molecular complexity index is 904. The van der Waals surface area contributed by atoms with Crippen molar-refractivity contribution in [2.24, 2.45) is 13.0 Å². The highest BCUT2D eigenvalue weighted by Crippen LogP contribution is 2.23.